The molecule has 0 atom stereocenters. The molecule has 0 bridgehead atoms. The van der Waals surface area contributed by atoms with Gasteiger partial charge in [0.2, 0.25) is 0 Å². The Morgan fingerprint density at radius 3 is 1.83 bits per heavy atom. The molecule has 0 N–H and O–H groups in total. The van der Waals surface area contributed by atoms with Crippen molar-refractivity contribution in [1.29, 1.82) is 0 Å². The maximum absolute atomic E-state index is 6.92. The Morgan fingerprint density at radius 2 is 0.967 bits per heavy atom. The largest absolute Gasteiger partial charge is 0.455 e. The number of nitrogens with zero attached hydrogens (tertiary/aromatic N) is 4. The summed E-state index contributed by atoms with van der Waals surface area (Å²) in [6.07, 6.45) is 0. The molecular weight excluding hydrogens is 733 g/mol. The summed E-state index contributed by atoms with van der Waals surface area (Å²) < 4.78 is 9.28. The van der Waals surface area contributed by atoms with Crippen LogP contribution in [0.15, 0.2) is 199 Å². The van der Waals surface area contributed by atoms with Crippen LogP contribution < -0.4 is 0 Å². The van der Waals surface area contributed by atoms with Crippen LogP contribution in [0.3, 0.4) is 0 Å². The van der Waals surface area contributed by atoms with Crippen LogP contribution in [0, 0.1) is 0 Å². The molecule has 3 heterocycles. The minimum atomic E-state index is 0.535. The van der Waals surface area contributed by atoms with E-state index in [1.165, 1.54) is 37.7 Å². The van der Waals surface area contributed by atoms with Gasteiger partial charge in [-0.3, -0.25) is 0 Å². The van der Waals surface area contributed by atoms with Gasteiger partial charge >= 0.3 is 0 Å². The third-order valence-corrected chi connectivity index (χ3v) is 12.2. The van der Waals surface area contributed by atoms with E-state index in [1.54, 1.807) is 0 Å². The Morgan fingerprint density at radius 1 is 0.350 bits per heavy atom. The molecule has 60 heavy (non-hydrogen) atoms. The molecule has 0 amide bonds. The van der Waals surface area contributed by atoms with Gasteiger partial charge in [-0.1, -0.05) is 152 Å². The van der Waals surface area contributed by atoms with Gasteiger partial charge in [-0.15, -0.1) is 0 Å². The second-order valence-electron chi connectivity index (χ2n) is 15.6. The van der Waals surface area contributed by atoms with Gasteiger partial charge in [0.15, 0.2) is 17.5 Å². The molecule has 0 radical (unpaired) electrons. The highest BCUT2D eigenvalue weighted by Gasteiger charge is 2.25. The zero-order valence-corrected chi connectivity index (χ0v) is 32.2. The summed E-state index contributed by atoms with van der Waals surface area (Å²) in [5.74, 6) is 1.72. The second-order valence-corrected chi connectivity index (χ2v) is 15.6. The summed E-state index contributed by atoms with van der Waals surface area (Å²) in [6, 6.07) is 68.6. The molecule has 0 saturated heterocycles. The second kappa shape index (κ2) is 12.7. The molecule has 0 aliphatic carbocycles. The molecule has 278 valence electrons. The third kappa shape index (κ3) is 4.90. The predicted molar refractivity (Wildman–Crippen MR) is 248 cm³/mol. The fourth-order valence-corrected chi connectivity index (χ4v) is 9.41. The van der Waals surface area contributed by atoms with Crippen molar-refractivity contribution in [2.45, 2.75) is 0 Å². The van der Waals surface area contributed by atoms with Crippen LogP contribution in [0.4, 0.5) is 0 Å². The van der Waals surface area contributed by atoms with E-state index < -0.39 is 0 Å². The first kappa shape index (κ1) is 32.9. The molecule has 0 fully saturated rings. The first-order chi connectivity index (χ1) is 29.7. The highest BCUT2D eigenvalue weighted by Crippen LogP contribution is 2.43. The molecule has 0 saturated carbocycles. The van der Waals surface area contributed by atoms with Crippen molar-refractivity contribution in [1.82, 2.24) is 19.5 Å². The topological polar surface area (TPSA) is 56.7 Å². The third-order valence-electron chi connectivity index (χ3n) is 12.2. The van der Waals surface area contributed by atoms with Crippen LogP contribution >= 0.6 is 0 Å². The molecule has 0 aliphatic rings. The number of hydrogen-bond acceptors (Lipinski definition) is 4. The van der Waals surface area contributed by atoms with Crippen molar-refractivity contribution in [3.05, 3.63) is 194 Å². The quantitative estimate of drug-likeness (QED) is 0.167. The molecule has 13 aromatic rings. The summed E-state index contributed by atoms with van der Waals surface area (Å²) in [5, 5.41) is 13.7. The number of benzene rings is 10. The van der Waals surface area contributed by atoms with Crippen LogP contribution in [0.25, 0.3) is 127 Å². The Kier molecular flexibility index (Phi) is 6.95. The maximum Gasteiger partial charge on any atom is 0.170 e. The highest BCUT2D eigenvalue weighted by atomic mass is 16.3. The Bertz CT molecular complexity index is 3910. The zero-order valence-electron chi connectivity index (χ0n) is 32.2. The van der Waals surface area contributed by atoms with Gasteiger partial charge < -0.3 is 8.98 Å². The monoisotopic (exact) mass is 764 g/mol. The van der Waals surface area contributed by atoms with E-state index in [9.17, 15) is 0 Å². The molecule has 5 nitrogen and oxygen atoms in total. The smallest absolute Gasteiger partial charge is 0.170 e. The minimum Gasteiger partial charge on any atom is -0.455 e. The standard InChI is InChI=1S/C55H32N4O/c1-2-15-36-32-49-46(31-35(36)14-1)42-19-7-9-22-47(42)59(49)48-29-28-44-43-20-8-10-23-50(43)60-52(44)51(48)55-57-53(56-54(58-55)45-21-11-16-33-12-3-6-18-40(33)45)38-26-27-41-37(30-38)25-24-34-13-4-5-17-39(34)41/h1-32H. The number of rotatable bonds is 4. The van der Waals surface area contributed by atoms with Crippen molar-refractivity contribution in [2.75, 3.05) is 0 Å². The van der Waals surface area contributed by atoms with Crippen LogP contribution in [-0.4, -0.2) is 19.5 Å². The van der Waals surface area contributed by atoms with E-state index in [2.05, 4.69) is 187 Å². The average Bonchev–Trinajstić information content (AvgIpc) is 3.85. The molecule has 0 unspecified atom stereocenters. The van der Waals surface area contributed by atoms with Crippen LogP contribution in [0.1, 0.15) is 0 Å². The predicted octanol–water partition coefficient (Wildman–Crippen LogP) is 14.5. The fourth-order valence-electron chi connectivity index (χ4n) is 9.41. The van der Waals surface area contributed by atoms with E-state index in [0.29, 0.717) is 17.5 Å². The molecular formula is C55H32N4O. The average molecular weight is 765 g/mol. The Balaban J connectivity index is 1.16. The van der Waals surface area contributed by atoms with Gasteiger partial charge in [-0.2, -0.15) is 0 Å². The van der Waals surface area contributed by atoms with Crippen molar-refractivity contribution >= 4 is 86.8 Å². The van der Waals surface area contributed by atoms with Crippen molar-refractivity contribution in [2.24, 2.45) is 0 Å². The van der Waals surface area contributed by atoms with E-state index in [0.717, 1.165) is 71.5 Å². The summed E-state index contributed by atoms with van der Waals surface area (Å²) in [7, 11) is 0. The van der Waals surface area contributed by atoms with E-state index >= 15 is 0 Å². The maximum atomic E-state index is 6.92. The van der Waals surface area contributed by atoms with E-state index in [4.69, 9.17) is 19.4 Å². The molecule has 10 aromatic carbocycles. The van der Waals surface area contributed by atoms with Crippen molar-refractivity contribution < 1.29 is 4.42 Å². The van der Waals surface area contributed by atoms with Gasteiger partial charge in [0, 0.05) is 32.7 Å². The lowest BCUT2D eigenvalue weighted by molar-refractivity contribution is 0.669. The van der Waals surface area contributed by atoms with E-state index in [-0.39, 0.29) is 0 Å². The number of furan rings is 1. The van der Waals surface area contributed by atoms with Crippen LogP contribution in [0.2, 0.25) is 0 Å². The molecule has 5 heteroatoms. The minimum absolute atomic E-state index is 0.535. The Labute approximate surface area is 343 Å². The lowest BCUT2D eigenvalue weighted by atomic mass is 10.00. The fraction of sp³-hybridized carbons (Fsp3) is 0. The molecule has 13 rings (SSSR count). The lowest BCUT2D eigenvalue weighted by Gasteiger charge is -2.16. The van der Waals surface area contributed by atoms with Gasteiger partial charge in [0.05, 0.1) is 22.3 Å². The lowest BCUT2D eigenvalue weighted by Crippen LogP contribution is -2.04. The molecule has 0 spiro atoms. The van der Waals surface area contributed by atoms with Gasteiger partial charge in [0.25, 0.3) is 0 Å². The number of aromatic nitrogens is 4. The SMILES string of the molecule is c1ccc2cc3c(cc2c1)c1ccccc1n3-c1ccc2c(oc3ccccc32)c1-c1nc(-c2ccc3c(ccc4ccccc43)c2)nc(-c2cccc3ccccc23)n1. The van der Waals surface area contributed by atoms with Crippen molar-refractivity contribution in [3.63, 3.8) is 0 Å². The normalized spacial score (nSPS) is 12.0. The van der Waals surface area contributed by atoms with Gasteiger partial charge in [-0.25, -0.2) is 15.0 Å². The number of hydrogen-bond donors (Lipinski definition) is 0. The van der Waals surface area contributed by atoms with E-state index in [1.807, 2.05) is 12.1 Å². The molecule has 0 aliphatic heterocycles. The number of para-hydroxylation sites is 2. The summed E-state index contributed by atoms with van der Waals surface area (Å²) in [6.45, 7) is 0. The summed E-state index contributed by atoms with van der Waals surface area (Å²) in [5.41, 5.74) is 7.29. The summed E-state index contributed by atoms with van der Waals surface area (Å²) in [4.78, 5) is 16.2. The number of fused-ring (bicyclic) bond motifs is 11. The van der Waals surface area contributed by atoms with Gasteiger partial charge in [0.1, 0.15) is 11.2 Å². The van der Waals surface area contributed by atoms with Crippen LogP contribution in [-0.2, 0) is 0 Å². The Hall–Kier alpha value is -8.15. The first-order valence-electron chi connectivity index (χ1n) is 20.3. The van der Waals surface area contributed by atoms with Crippen molar-refractivity contribution in [3.8, 4) is 39.9 Å². The highest BCUT2D eigenvalue weighted by molar-refractivity contribution is 6.16. The summed E-state index contributed by atoms with van der Waals surface area (Å²) >= 11 is 0. The first-order valence-corrected chi connectivity index (χ1v) is 20.3. The zero-order chi connectivity index (χ0) is 39.3. The van der Waals surface area contributed by atoms with Crippen LogP contribution in [0.5, 0.6) is 0 Å². The van der Waals surface area contributed by atoms with Gasteiger partial charge in [-0.05, 0) is 85.6 Å². The molecule has 3 aromatic heterocycles.